The average Bonchev–Trinajstić information content (AvgIpc) is 2.34. The fraction of sp³-hybridized carbons (Fsp3) is 0.462. The Labute approximate surface area is 121 Å². The Morgan fingerprint density at radius 1 is 1.50 bits per heavy atom. The fourth-order valence-electron chi connectivity index (χ4n) is 1.88. The van der Waals surface area contributed by atoms with Crippen LogP contribution in [0.15, 0.2) is 18.2 Å². The zero-order valence-electron chi connectivity index (χ0n) is 11.3. The number of aliphatic hydroxyl groups excluding tert-OH is 1. The van der Waals surface area contributed by atoms with Crippen molar-refractivity contribution in [2.24, 2.45) is 5.92 Å². The van der Waals surface area contributed by atoms with Gasteiger partial charge in [-0.05, 0) is 31.4 Å². The standard InChI is InChI=1S/C13H17ClN2O4/c1-8(5-9(2)17)7-15-13(18)11-6-10(14)3-4-12(11)16(19)20/h3-4,6,8-9,17H,5,7H2,1-2H3,(H,15,18). The molecule has 2 atom stereocenters. The summed E-state index contributed by atoms with van der Waals surface area (Å²) >= 11 is 5.76. The molecule has 0 fully saturated rings. The third-order valence-electron chi connectivity index (χ3n) is 2.75. The monoisotopic (exact) mass is 300 g/mol. The highest BCUT2D eigenvalue weighted by atomic mass is 35.5. The van der Waals surface area contributed by atoms with Gasteiger partial charge >= 0.3 is 0 Å². The van der Waals surface area contributed by atoms with Crippen LogP contribution in [0.5, 0.6) is 0 Å². The molecule has 0 aliphatic rings. The first-order chi connectivity index (χ1) is 9.31. The van der Waals surface area contributed by atoms with Crippen LogP contribution >= 0.6 is 11.6 Å². The van der Waals surface area contributed by atoms with Crippen molar-refractivity contribution in [3.8, 4) is 0 Å². The summed E-state index contributed by atoms with van der Waals surface area (Å²) in [5.41, 5.74) is -0.346. The van der Waals surface area contributed by atoms with E-state index in [1.807, 2.05) is 6.92 Å². The predicted octanol–water partition coefficient (Wildman–Crippen LogP) is 2.39. The first kappa shape index (κ1) is 16.4. The van der Waals surface area contributed by atoms with E-state index in [0.717, 1.165) is 0 Å². The van der Waals surface area contributed by atoms with Gasteiger partial charge in [0.15, 0.2) is 0 Å². The smallest absolute Gasteiger partial charge is 0.282 e. The van der Waals surface area contributed by atoms with Crippen molar-refractivity contribution in [2.45, 2.75) is 26.4 Å². The second-order valence-corrected chi connectivity index (χ2v) is 5.25. The number of hydrogen-bond donors (Lipinski definition) is 2. The molecule has 0 aromatic heterocycles. The molecule has 110 valence electrons. The molecule has 0 bridgehead atoms. The quantitative estimate of drug-likeness (QED) is 0.623. The highest BCUT2D eigenvalue weighted by Gasteiger charge is 2.20. The molecule has 0 radical (unpaired) electrons. The van der Waals surface area contributed by atoms with Crippen molar-refractivity contribution in [3.05, 3.63) is 38.9 Å². The van der Waals surface area contributed by atoms with Crippen LogP contribution in [0.1, 0.15) is 30.6 Å². The molecule has 20 heavy (non-hydrogen) atoms. The second-order valence-electron chi connectivity index (χ2n) is 4.82. The van der Waals surface area contributed by atoms with Crippen LogP contribution in [0, 0.1) is 16.0 Å². The number of nitro groups is 1. The van der Waals surface area contributed by atoms with E-state index in [9.17, 15) is 20.0 Å². The van der Waals surface area contributed by atoms with Crippen LogP contribution in [0.25, 0.3) is 0 Å². The van der Waals surface area contributed by atoms with E-state index in [1.165, 1.54) is 18.2 Å². The fourth-order valence-corrected chi connectivity index (χ4v) is 2.05. The Balaban J connectivity index is 2.77. The number of benzene rings is 1. The summed E-state index contributed by atoms with van der Waals surface area (Å²) in [6, 6.07) is 3.84. The van der Waals surface area contributed by atoms with Crippen molar-refractivity contribution in [1.82, 2.24) is 5.32 Å². The molecule has 0 saturated carbocycles. The number of nitro benzene ring substituents is 1. The molecule has 1 aromatic rings. The number of aliphatic hydroxyl groups is 1. The van der Waals surface area contributed by atoms with Gasteiger partial charge in [-0.15, -0.1) is 0 Å². The van der Waals surface area contributed by atoms with Gasteiger partial charge < -0.3 is 10.4 Å². The van der Waals surface area contributed by atoms with Crippen molar-refractivity contribution < 1.29 is 14.8 Å². The number of hydrogen-bond acceptors (Lipinski definition) is 4. The number of carbonyl (C=O) groups is 1. The lowest BCUT2D eigenvalue weighted by atomic mass is 10.0. The van der Waals surface area contributed by atoms with Gasteiger partial charge in [-0.3, -0.25) is 14.9 Å². The largest absolute Gasteiger partial charge is 0.393 e. The maximum absolute atomic E-state index is 12.0. The number of rotatable bonds is 6. The minimum absolute atomic E-state index is 0.0632. The number of halogens is 1. The number of carbonyl (C=O) groups excluding carboxylic acids is 1. The molecule has 2 unspecified atom stereocenters. The molecule has 1 rings (SSSR count). The summed E-state index contributed by atoms with van der Waals surface area (Å²) in [5, 5.41) is 23.0. The van der Waals surface area contributed by atoms with E-state index in [-0.39, 0.29) is 22.2 Å². The molecule has 0 heterocycles. The van der Waals surface area contributed by atoms with Gasteiger partial charge in [0.1, 0.15) is 5.56 Å². The molecule has 1 amide bonds. The summed E-state index contributed by atoms with van der Waals surface area (Å²) in [7, 11) is 0. The van der Waals surface area contributed by atoms with Crippen LogP contribution in [-0.4, -0.2) is 28.6 Å². The molecule has 0 aliphatic heterocycles. The van der Waals surface area contributed by atoms with Crippen LogP contribution < -0.4 is 5.32 Å². The van der Waals surface area contributed by atoms with Crippen molar-refractivity contribution >= 4 is 23.2 Å². The van der Waals surface area contributed by atoms with Gasteiger partial charge in [0.2, 0.25) is 0 Å². The molecule has 0 saturated heterocycles. The third kappa shape index (κ3) is 4.79. The summed E-state index contributed by atoms with van der Waals surface area (Å²) in [4.78, 5) is 22.2. The average molecular weight is 301 g/mol. The Kier molecular flexibility index (Phi) is 5.91. The van der Waals surface area contributed by atoms with E-state index < -0.39 is 16.9 Å². The van der Waals surface area contributed by atoms with Gasteiger partial charge in [0.05, 0.1) is 11.0 Å². The van der Waals surface area contributed by atoms with Crippen LogP contribution in [0.3, 0.4) is 0 Å². The third-order valence-corrected chi connectivity index (χ3v) is 2.99. The zero-order chi connectivity index (χ0) is 15.3. The van der Waals surface area contributed by atoms with Gasteiger partial charge in [-0.25, -0.2) is 0 Å². The Hall–Kier alpha value is -1.66. The maximum atomic E-state index is 12.0. The molecular formula is C13H17ClN2O4. The van der Waals surface area contributed by atoms with E-state index in [0.29, 0.717) is 13.0 Å². The first-order valence-corrected chi connectivity index (χ1v) is 6.59. The summed E-state index contributed by atoms with van der Waals surface area (Å²) < 4.78 is 0. The van der Waals surface area contributed by atoms with E-state index in [1.54, 1.807) is 6.92 Å². The lowest BCUT2D eigenvalue weighted by molar-refractivity contribution is -0.385. The molecule has 2 N–H and O–H groups in total. The topological polar surface area (TPSA) is 92.5 Å². The van der Waals surface area contributed by atoms with Crippen LogP contribution in [0.4, 0.5) is 5.69 Å². The summed E-state index contributed by atoms with van der Waals surface area (Å²) in [6.45, 7) is 3.87. The molecule has 7 heteroatoms. The maximum Gasteiger partial charge on any atom is 0.282 e. The number of nitrogens with one attached hydrogen (secondary N) is 1. The molecule has 6 nitrogen and oxygen atoms in total. The van der Waals surface area contributed by atoms with Crippen molar-refractivity contribution in [3.63, 3.8) is 0 Å². The lowest BCUT2D eigenvalue weighted by Crippen LogP contribution is -2.30. The van der Waals surface area contributed by atoms with Crippen LogP contribution in [0.2, 0.25) is 5.02 Å². The zero-order valence-corrected chi connectivity index (χ0v) is 12.1. The Bertz CT molecular complexity index is 505. The minimum atomic E-state index is -0.621. The van der Waals surface area contributed by atoms with Gasteiger partial charge in [0.25, 0.3) is 11.6 Å². The summed E-state index contributed by atoms with van der Waals surface area (Å²) in [6.07, 6.45) is 0.0835. The first-order valence-electron chi connectivity index (χ1n) is 6.21. The molecule has 0 spiro atoms. The van der Waals surface area contributed by atoms with E-state index in [4.69, 9.17) is 11.6 Å². The second kappa shape index (κ2) is 7.21. The van der Waals surface area contributed by atoms with Crippen molar-refractivity contribution in [1.29, 1.82) is 0 Å². The van der Waals surface area contributed by atoms with Crippen LogP contribution in [-0.2, 0) is 0 Å². The predicted molar refractivity (Wildman–Crippen MR) is 75.9 cm³/mol. The van der Waals surface area contributed by atoms with Crippen molar-refractivity contribution in [2.75, 3.05) is 6.54 Å². The molecule has 1 aromatic carbocycles. The normalized spacial score (nSPS) is 13.6. The lowest BCUT2D eigenvalue weighted by Gasteiger charge is -2.14. The number of amides is 1. The Morgan fingerprint density at radius 2 is 2.15 bits per heavy atom. The highest BCUT2D eigenvalue weighted by Crippen LogP contribution is 2.22. The molecule has 0 aliphatic carbocycles. The van der Waals surface area contributed by atoms with Gasteiger partial charge in [-0.2, -0.15) is 0 Å². The SMILES string of the molecule is CC(O)CC(C)CNC(=O)c1cc(Cl)ccc1[N+](=O)[O-]. The highest BCUT2D eigenvalue weighted by molar-refractivity contribution is 6.31. The Morgan fingerprint density at radius 3 is 2.70 bits per heavy atom. The minimum Gasteiger partial charge on any atom is -0.393 e. The van der Waals surface area contributed by atoms with Gasteiger partial charge in [0, 0.05) is 17.6 Å². The number of nitrogens with zero attached hydrogens (tertiary/aromatic N) is 1. The molecular weight excluding hydrogens is 284 g/mol. The van der Waals surface area contributed by atoms with E-state index >= 15 is 0 Å². The van der Waals surface area contributed by atoms with Gasteiger partial charge in [-0.1, -0.05) is 18.5 Å². The summed E-state index contributed by atoms with van der Waals surface area (Å²) in [5.74, 6) is -0.478. The van der Waals surface area contributed by atoms with E-state index in [2.05, 4.69) is 5.32 Å².